The molecule has 5 heteroatoms. The molecule has 0 unspecified atom stereocenters. The lowest BCUT2D eigenvalue weighted by Crippen LogP contribution is -2.37. The highest BCUT2D eigenvalue weighted by Crippen LogP contribution is 2.57. The van der Waals surface area contributed by atoms with E-state index in [1.807, 2.05) is 20.8 Å². The normalized spacial score (nSPS) is 27.2. The summed E-state index contributed by atoms with van der Waals surface area (Å²) < 4.78 is 5.40. The van der Waals surface area contributed by atoms with Gasteiger partial charge in [-0.1, -0.05) is 11.1 Å². The molecule has 25 heavy (non-hydrogen) atoms. The highest BCUT2D eigenvalue weighted by atomic mass is 16.5. The summed E-state index contributed by atoms with van der Waals surface area (Å²) in [6, 6.07) is 7.17. The first-order valence-electron chi connectivity index (χ1n) is 8.87. The molecule has 0 aromatic heterocycles. The Morgan fingerprint density at radius 2 is 1.72 bits per heavy atom. The second kappa shape index (κ2) is 6.90. The predicted molar refractivity (Wildman–Crippen MR) is 95.4 cm³/mol. The first-order valence-corrected chi connectivity index (χ1v) is 8.87. The lowest BCUT2D eigenvalue weighted by Gasteiger charge is -2.26. The van der Waals surface area contributed by atoms with Crippen LogP contribution in [0.3, 0.4) is 0 Å². The fourth-order valence-corrected chi connectivity index (χ4v) is 4.63. The fourth-order valence-electron chi connectivity index (χ4n) is 4.63. The van der Waals surface area contributed by atoms with Gasteiger partial charge in [0, 0.05) is 5.69 Å². The molecule has 1 aromatic rings. The Morgan fingerprint density at radius 1 is 1.12 bits per heavy atom. The van der Waals surface area contributed by atoms with Crippen molar-refractivity contribution in [2.24, 2.45) is 23.7 Å². The van der Waals surface area contributed by atoms with E-state index >= 15 is 0 Å². The number of aliphatic carboxylic acids is 1. The molecule has 1 amide bonds. The molecule has 1 aromatic carbocycles. The third kappa shape index (κ3) is 3.15. The second-order valence-electron chi connectivity index (χ2n) is 7.08. The summed E-state index contributed by atoms with van der Waals surface area (Å²) >= 11 is 0. The number of fused-ring (bicyclic) bond motifs is 2. The number of anilines is 1. The zero-order valence-corrected chi connectivity index (χ0v) is 14.9. The number of carboxylic acids is 1. The standard InChI is InChI=1S/C20H25NO4/c1-4-25-13-7-5-12(6-8-13)21-19(22)17-14-9-10-15(16(14)11(2)3)18(17)20(23)24/h5-8,14-15,17-18H,4,9-10H2,1-3H3,(H,21,22)(H,23,24)/t14-,15-,17+,18+/m1/s1. The third-order valence-electron chi connectivity index (χ3n) is 5.44. The van der Waals surface area contributed by atoms with E-state index < -0.39 is 17.8 Å². The number of nitrogens with one attached hydrogen (secondary N) is 1. The van der Waals surface area contributed by atoms with Gasteiger partial charge in [0.05, 0.1) is 18.4 Å². The van der Waals surface area contributed by atoms with E-state index in [4.69, 9.17) is 4.74 Å². The van der Waals surface area contributed by atoms with Gasteiger partial charge < -0.3 is 15.2 Å². The number of allylic oxidation sites excluding steroid dienone is 2. The SMILES string of the molecule is CCOc1ccc(NC(=O)[C@@H]2[C@@H](C(=O)O)[C@@H]3CC[C@@H]2C3=C(C)C)cc1. The van der Waals surface area contributed by atoms with Crippen molar-refractivity contribution >= 4 is 17.6 Å². The van der Waals surface area contributed by atoms with Crippen molar-refractivity contribution in [1.82, 2.24) is 0 Å². The first-order chi connectivity index (χ1) is 11.9. The summed E-state index contributed by atoms with van der Waals surface area (Å²) in [6.45, 7) is 6.54. The molecule has 2 aliphatic rings. The molecular weight excluding hydrogens is 318 g/mol. The third-order valence-corrected chi connectivity index (χ3v) is 5.44. The molecule has 5 nitrogen and oxygen atoms in total. The summed E-state index contributed by atoms with van der Waals surface area (Å²) in [6.07, 6.45) is 1.77. The Balaban J connectivity index is 1.81. The monoisotopic (exact) mass is 343 g/mol. The van der Waals surface area contributed by atoms with Crippen LogP contribution in [0.4, 0.5) is 5.69 Å². The summed E-state index contributed by atoms with van der Waals surface area (Å²) in [5.74, 6) is -1.36. The van der Waals surface area contributed by atoms with E-state index in [-0.39, 0.29) is 17.7 Å². The average molecular weight is 343 g/mol. The second-order valence-corrected chi connectivity index (χ2v) is 7.08. The number of rotatable bonds is 5. The molecule has 0 heterocycles. The molecule has 0 radical (unpaired) electrons. The Labute approximate surface area is 148 Å². The number of hydrogen-bond acceptors (Lipinski definition) is 3. The van der Waals surface area contributed by atoms with Crippen LogP contribution in [0.25, 0.3) is 0 Å². The van der Waals surface area contributed by atoms with Crippen molar-refractivity contribution in [1.29, 1.82) is 0 Å². The van der Waals surface area contributed by atoms with Gasteiger partial charge in [-0.25, -0.2) is 0 Å². The Morgan fingerprint density at radius 3 is 2.24 bits per heavy atom. The number of carboxylic acid groups (broad SMARTS) is 1. The zero-order valence-electron chi connectivity index (χ0n) is 14.9. The largest absolute Gasteiger partial charge is 0.494 e. The minimum atomic E-state index is -0.863. The molecular formula is C20H25NO4. The smallest absolute Gasteiger partial charge is 0.307 e. The van der Waals surface area contributed by atoms with E-state index in [0.29, 0.717) is 12.3 Å². The quantitative estimate of drug-likeness (QED) is 0.799. The van der Waals surface area contributed by atoms with Crippen molar-refractivity contribution in [3.05, 3.63) is 35.4 Å². The summed E-state index contributed by atoms with van der Waals surface area (Å²) in [7, 11) is 0. The van der Waals surface area contributed by atoms with Crippen LogP contribution >= 0.6 is 0 Å². The van der Waals surface area contributed by atoms with Crippen LogP contribution in [0.1, 0.15) is 33.6 Å². The van der Waals surface area contributed by atoms with Crippen LogP contribution in [0, 0.1) is 23.7 Å². The summed E-state index contributed by atoms with van der Waals surface area (Å²) in [4.78, 5) is 24.7. The molecule has 3 rings (SSSR count). The maximum Gasteiger partial charge on any atom is 0.307 e. The molecule has 4 atom stereocenters. The number of amides is 1. The summed E-state index contributed by atoms with van der Waals surface area (Å²) in [5, 5.41) is 12.6. The highest BCUT2D eigenvalue weighted by molar-refractivity contribution is 5.96. The Hall–Kier alpha value is -2.30. The first kappa shape index (κ1) is 17.5. The van der Waals surface area contributed by atoms with Crippen molar-refractivity contribution in [2.75, 3.05) is 11.9 Å². The van der Waals surface area contributed by atoms with Crippen LogP contribution in [-0.4, -0.2) is 23.6 Å². The predicted octanol–water partition coefficient (Wildman–Crippen LogP) is 3.72. The summed E-state index contributed by atoms with van der Waals surface area (Å²) in [5.41, 5.74) is 3.02. The molecule has 0 spiro atoms. The molecule has 2 aliphatic carbocycles. The number of benzene rings is 1. The van der Waals surface area contributed by atoms with Crippen LogP contribution in [0.15, 0.2) is 35.4 Å². The molecule has 0 saturated heterocycles. The van der Waals surface area contributed by atoms with Crippen LogP contribution in [0.5, 0.6) is 5.75 Å². The topological polar surface area (TPSA) is 75.6 Å². The molecule has 2 fully saturated rings. The van der Waals surface area contributed by atoms with Gasteiger partial charge in [-0.3, -0.25) is 9.59 Å². The fraction of sp³-hybridized carbons (Fsp3) is 0.500. The molecule has 0 aliphatic heterocycles. The minimum Gasteiger partial charge on any atom is -0.494 e. The zero-order chi connectivity index (χ0) is 18.1. The van der Waals surface area contributed by atoms with Gasteiger partial charge in [-0.2, -0.15) is 0 Å². The van der Waals surface area contributed by atoms with E-state index in [0.717, 1.165) is 24.2 Å². The Bertz CT molecular complexity index is 703. The van der Waals surface area contributed by atoms with E-state index in [1.54, 1.807) is 24.3 Å². The van der Waals surface area contributed by atoms with Gasteiger partial charge >= 0.3 is 5.97 Å². The van der Waals surface area contributed by atoms with Gasteiger partial charge in [0.15, 0.2) is 0 Å². The van der Waals surface area contributed by atoms with Crippen molar-refractivity contribution < 1.29 is 19.4 Å². The number of carbonyl (C=O) groups excluding carboxylic acids is 1. The van der Waals surface area contributed by atoms with Gasteiger partial charge in [-0.15, -0.1) is 0 Å². The average Bonchev–Trinajstić information content (AvgIpc) is 3.13. The van der Waals surface area contributed by atoms with E-state index in [1.165, 1.54) is 5.57 Å². The lowest BCUT2D eigenvalue weighted by atomic mass is 9.78. The van der Waals surface area contributed by atoms with Crippen molar-refractivity contribution in [3.63, 3.8) is 0 Å². The maximum atomic E-state index is 12.9. The van der Waals surface area contributed by atoms with Gasteiger partial charge in [0.2, 0.25) is 5.91 Å². The van der Waals surface area contributed by atoms with Crippen LogP contribution in [0.2, 0.25) is 0 Å². The van der Waals surface area contributed by atoms with Crippen LogP contribution < -0.4 is 10.1 Å². The van der Waals surface area contributed by atoms with Gasteiger partial charge in [0.1, 0.15) is 5.75 Å². The van der Waals surface area contributed by atoms with Crippen molar-refractivity contribution in [3.8, 4) is 5.75 Å². The van der Waals surface area contributed by atoms with Crippen LogP contribution in [-0.2, 0) is 9.59 Å². The number of hydrogen-bond donors (Lipinski definition) is 2. The van der Waals surface area contributed by atoms with Gasteiger partial charge in [0.25, 0.3) is 0 Å². The van der Waals surface area contributed by atoms with E-state index in [2.05, 4.69) is 5.32 Å². The molecule has 2 bridgehead atoms. The van der Waals surface area contributed by atoms with Crippen molar-refractivity contribution in [2.45, 2.75) is 33.6 Å². The lowest BCUT2D eigenvalue weighted by molar-refractivity contribution is -0.148. The molecule has 134 valence electrons. The number of ether oxygens (including phenoxy) is 1. The van der Waals surface area contributed by atoms with Gasteiger partial charge in [-0.05, 0) is 69.7 Å². The number of carbonyl (C=O) groups is 2. The maximum absolute atomic E-state index is 12.9. The Kier molecular flexibility index (Phi) is 4.84. The minimum absolute atomic E-state index is 0.00331. The molecule has 2 N–H and O–H groups in total. The highest BCUT2D eigenvalue weighted by Gasteiger charge is 2.57. The van der Waals surface area contributed by atoms with E-state index in [9.17, 15) is 14.7 Å². The molecule has 2 saturated carbocycles.